The van der Waals surface area contributed by atoms with Gasteiger partial charge in [-0.15, -0.1) is 10.2 Å². The summed E-state index contributed by atoms with van der Waals surface area (Å²) in [6, 6.07) is 10.7. The molecule has 2 N–H and O–H groups in total. The molecule has 0 atom stereocenters. The number of hydrogen-bond acceptors (Lipinski definition) is 7. The molecule has 0 unspecified atom stereocenters. The summed E-state index contributed by atoms with van der Waals surface area (Å²) >= 11 is 13.1. The van der Waals surface area contributed by atoms with Gasteiger partial charge in [0.1, 0.15) is 23.0 Å². The Morgan fingerprint density at radius 3 is 2.31 bits per heavy atom. The lowest BCUT2D eigenvalue weighted by atomic mass is 9.90. The predicted octanol–water partition coefficient (Wildman–Crippen LogP) is 7.14. The van der Waals surface area contributed by atoms with Gasteiger partial charge in [0.25, 0.3) is 0 Å². The van der Waals surface area contributed by atoms with Crippen molar-refractivity contribution in [1.82, 2.24) is 9.78 Å². The van der Waals surface area contributed by atoms with Gasteiger partial charge in [-0.2, -0.15) is 10.4 Å². The Balaban J connectivity index is 2.25. The minimum absolute atomic E-state index is 0.115. The molecule has 0 saturated carbocycles. The first-order valence-electron chi connectivity index (χ1n) is 12.3. The molecule has 204 valence electrons. The van der Waals surface area contributed by atoms with Crippen molar-refractivity contribution < 1.29 is 9.59 Å². The van der Waals surface area contributed by atoms with Gasteiger partial charge in [0.15, 0.2) is 5.82 Å². The monoisotopic (exact) mass is 568 g/mol. The quantitative estimate of drug-likeness (QED) is 0.209. The van der Waals surface area contributed by atoms with Gasteiger partial charge in [0.05, 0.1) is 21.4 Å². The second-order valence-corrected chi connectivity index (χ2v) is 10.4. The lowest BCUT2D eigenvalue weighted by Gasteiger charge is -2.22. The van der Waals surface area contributed by atoms with E-state index >= 15 is 0 Å². The van der Waals surface area contributed by atoms with Gasteiger partial charge in [-0.1, -0.05) is 44.0 Å². The molecule has 0 radical (unpaired) electrons. The van der Waals surface area contributed by atoms with Crippen LogP contribution in [0.1, 0.15) is 52.8 Å². The predicted molar refractivity (Wildman–Crippen MR) is 155 cm³/mol. The number of amides is 2. The number of nitrogens with one attached hydrogen (secondary N) is 2. The fourth-order valence-electron chi connectivity index (χ4n) is 3.99. The van der Waals surface area contributed by atoms with E-state index in [-0.39, 0.29) is 33.0 Å². The Labute approximate surface area is 237 Å². The topological polar surface area (TPSA) is 128 Å². The lowest BCUT2D eigenvalue weighted by Crippen LogP contribution is -2.21. The lowest BCUT2D eigenvalue weighted by molar-refractivity contribution is -0.114. The van der Waals surface area contributed by atoms with E-state index in [1.54, 1.807) is 6.07 Å². The first-order valence-corrected chi connectivity index (χ1v) is 13.0. The maximum Gasteiger partial charge on any atom is 0.221 e. The number of azo groups is 1. The first kappa shape index (κ1) is 29.6. The Morgan fingerprint density at radius 2 is 1.79 bits per heavy atom. The van der Waals surface area contributed by atoms with Crippen LogP contribution in [0.2, 0.25) is 10.0 Å². The van der Waals surface area contributed by atoms with Gasteiger partial charge >= 0.3 is 0 Å². The Bertz CT molecular complexity index is 1440. The number of aromatic nitrogens is 2. The second kappa shape index (κ2) is 12.3. The van der Waals surface area contributed by atoms with Gasteiger partial charge in [0.2, 0.25) is 12.3 Å². The van der Waals surface area contributed by atoms with E-state index in [0.29, 0.717) is 29.2 Å². The molecular weight excluding hydrogens is 539 g/mol. The van der Waals surface area contributed by atoms with E-state index in [0.717, 1.165) is 18.8 Å². The summed E-state index contributed by atoms with van der Waals surface area (Å²) in [5.41, 5.74) is 2.59. The third-order valence-corrected chi connectivity index (χ3v) is 6.39. The second-order valence-electron chi connectivity index (χ2n) is 9.63. The average Bonchev–Trinajstić information content (AvgIpc) is 3.22. The van der Waals surface area contributed by atoms with E-state index in [9.17, 15) is 14.9 Å². The molecule has 3 aromatic rings. The molecule has 3 rings (SSSR count). The van der Waals surface area contributed by atoms with E-state index < -0.39 is 5.41 Å². The van der Waals surface area contributed by atoms with E-state index in [4.69, 9.17) is 23.2 Å². The molecule has 0 aliphatic carbocycles. The van der Waals surface area contributed by atoms with Gasteiger partial charge < -0.3 is 15.5 Å². The smallest absolute Gasteiger partial charge is 0.221 e. The summed E-state index contributed by atoms with van der Waals surface area (Å²) in [4.78, 5) is 25.0. The van der Waals surface area contributed by atoms with Crippen molar-refractivity contribution in [2.24, 2.45) is 10.2 Å². The van der Waals surface area contributed by atoms with Crippen LogP contribution in [-0.4, -0.2) is 35.2 Å². The van der Waals surface area contributed by atoms with Crippen molar-refractivity contribution >= 4 is 64.1 Å². The van der Waals surface area contributed by atoms with Crippen molar-refractivity contribution in [1.29, 1.82) is 5.26 Å². The molecule has 2 amide bonds. The molecule has 1 aromatic heterocycles. The highest BCUT2D eigenvalue weighted by Crippen LogP contribution is 2.40. The van der Waals surface area contributed by atoms with Crippen molar-refractivity contribution in [2.75, 3.05) is 28.6 Å². The number of rotatable bonds is 9. The highest BCUT2D eigenvalue weighted by atomic mass is 35.5. The summed E-state index contributed by atoms with van der Waals surface area (Å²) in [6.07, 6.45) is 0.513. The van der Waals surface area contributed by atoms with Crippen LogP contribution in [0.15, 0.2) is 40.6 Å². The molecule has 2 aromatic carbocycles. The van der Waals surface area contributed by atoms with Crippen molar-refractivity contribution in [3.63, 3.8) is 0 Å². The molecule has 0 aliphatic rings. The molecule has 12 heteroatoms. The van der Waals surface area contributed by atoms with Crippen LogP contribution >= 0.6 is 23.2 Å². The van der Waals surface area contributed by atoms with Gasteiger partial charge in [-0.3, -0.25) is 9.59 Å². The molecule has 0 spiro atoms. The molecule has 0 aliphatic heterocycles. The molecule has 39 heavy (non-hydrogen) atoms. The molecule has 0 bridgehead atoms. The Morgan fingerprint density at radius 1 is 1.15 bits per heavy atom. The number of benzene rings is 2. The molecule has 1 heterocycles. The van der Waals surface area contributed by atoms with Crippen LogP contribution < -0.4 is 15.5 Å². The summed E-state index contributed by atoms with van der Waals surface area (Å²) in [5.74, 6) is -0.146. The van der Waals surface area contributed by atoms with Crippen LogP contribution in [0, 0.1) is 11.3 Å². The summed E-state index contributed by atoms with van der Waals surface area (Å²) in [7, 11) is 0. The highest BCUT2D eigenvalue weighted by Gasteiger charge is 2.29. The third-order valence-electron chi connectivity index (χ3n) is 5.81. The van der Waals surface area contributed by atoms with Gasteiger partial charge in [-0.25, -0.2) is 4.68 Å². The number of anilines is 3. The number of hydrogen-bond donors (Lipinski definition) is 2. The van der Waals surface area contributed by atoms with Gasteiger partial charge in [-0.05, 0) is 44.2 Å². The summed E-state index contributed by atoms with van der Waals surface area (Å²) in [6.45, 7) is 12.8. The Hall–Kier alpha value is -3.94. The zero-order valence-corrected chi connectivity index (χ0v) is 24.1. The first-order chi connectivity index (χ1) is 18.4. The summed E-state index contributed by atoms with van der Waals surface area (Å²) in [5, 5.41) is 29.3. The van der Waals surface area contributed by atoms with Crippen LogP contribution in [0.4, 0.5) is 28.6 Å². The molecule has 0 fully saturated rings. The number of nitrogens with zero attached hydrogens (tertiary/aromatic N) is 6. The fourth-order valence-corrected chi connectivity index (χ4v) is 4.64. The summed E-state index contributed by atoms with van der Waals surface area (Å²) < 4.78 is 1.38. The van der Waals surface area contributed by atoms with Crippen LogP contribution in [0.3, 0.4) is 0 Å². The van der Waals surface area contributed by atoms with Crippen molar-refractivity contribution in [3.05, 3.63) is 51.6 Å². The van der Waals surface area contributed by atoms with Crippen LogP contribution in [0.25, 0.3) is 5.69 Å². The van der Waals surface area contributed by atoms with Crippen molar-refractivity contribution in [3.8, 4) is 11.8 Å². The van der Waals surface area contributed by atoms with E-state index in [1.165, 1.54) is 23.7 Å². The molecule has 0 saturated heterocycles. The van der Waals surface area contributed by atoms with E-state index in [1.807, 2.05) is 46.8 Å². The van der Waals surface area contributed by atoms with Gasteiger partial charge in [0, 0.05) is 36.8 Å². The molecular formula is C27H30Cl2N8O2. The largest absolute Gasteiger partial charge is 0.372 e. The van der Waals surface area contributed by atoms with Crippen LogP contribution in [-0.2, 0) is 15.0 Å². The standard InChI is InChI=1S/C27H30Cl2N8O2/c1-7-36(8-2)18-9-10-22(23(13-18)32-16(3)39)33-34-26-19(14-30)25(27(4,5)6)35-37(26)24-20(28)11-17(31-15-38)12-21(24)29/h9-13,15H,7-8H2,1-6H3,(H,31,38)(H,32,39). The SMILES string of the molecule is CCN(CC)c1ccc(N=Nc2c(C#N)c(C(C)(C)C)nn2-c2c(Cl)cc(NC=O)cc2Cl)c(NC(C)=O)c1. The number of carbonyl (C=O) groups excluding carboxylic acids is 2. The third kappa shape index (κ3) is 6.56. The fraction of sp³-hybridized carbons (Fsp3) is 0.333. The van der Waals surface area contributed by atoms with E-state index in [2.05, 4.69) is 36.9 Å². The normalized spacial score (nSPS) is 11.4. The van der Waals surface area contributed by atoms with Crippen molar-refractivity contribution in [2.45, 2.75) is 47.0 Å². The number of carbonyl (C=O) groups is 2. The average molecular weight is 569 g/mol. The van der Waals surface area contributed by atoms with Crippen LogP contribution in [0.5, 0.6) is 0 Å². The highest BCUT2D eigenvalue weighted by molar-refractivity contribution is 6.38. The zero-order chi connectivity index (χ0) is 28.9. The minimum Gasteiger partial charge on any atom is -0.372 e. The molecule has 10 nitrogen and oxygen atoms in total. The minimum atomic E-state index is -0.523. The maximum atomic E-state index is 12.0. The number of halogens is 2. The number of nitriles is 1. The zero-order valence-electron chi connectivity index (χ0n) is 22.6. The Kier molecular flexibility index (Phi) is 9.32. The maximum absolute atomic E-state index is 12.0.